The highest BCUT2D eigenvalue weighted by atomic mass is 16.5. The lowest BCUT2D eigenvalue weighted by Gasteiger charge is -2.30. The second-order valence-electron chi connectivity index (χ2n) is 6.41. The molecule has 0 spiro atoms. The number of benzene rings is 2. The van der Waals surface area contributed by atoms with E-state index in [1.54, 1.807) is 0 Å². The number of carbonyl (C=O) groups is 1. The van der Waals surface area contributed by atoms with E-state index < -0.39 is 0 Å². The third-order valence-corrected chi connectivity index (χ3v) is 4.85. The number of hydrogen-bond donors (Lipinski definition) is 1. The summed E-state index contributed by atoms with van der Waals surface area (Å²) < 4.78 is 6.09. The Morgan fingerprint density at radius 3 is 2.56 bits per heavy atom. The molecule has 3 rings (SSSR count). The van der Waals surface area contributed by atoms with Crippen LogP contribution in [0.25, 0.3) is 0 Å². The minimum Gasteiger partial charge on any atom is -0.456 e. The largest absolute Gasteiger partial charge is 0.456 e. The predicted octanol–water partition coefficient (Wildman–Crippen LogP) is 4.04. The molecule has 1 atom stereocenters. The van der Waals surface area contributed by atoms with Crippen molar-refractivity contribution in [3.63, 3.8) is 0 Å². The lowest BCUT2D eigenvalue weighted by molar-refractivity contribution is -0.121. The maximum Gasteiger partial charge on any atom is 0.222 e. The van der Waals surface area contributed by atoms with Gasteiger partial charge in [-0.25, -0.2) is 0 Å². The van der Waals surface area contributed by atoms with Gasteiger partial charge in [-0.05, 0) is 31.6 Å². The topological polar surface area (TPSA) is 41.6 Å². The lowest BCUT2D eigenvalue weighted by atomic mass is 9.93. The molecule has 4 nitrogen and oxygen atoms in total. The number of hydrogen-bond acceptors (Lipinski definition) is 3. The fourth-order valence-electron chi connectivity index (χ4n) is 3.32. The van der Waals surface area contributed by atoms with Crippen molar-refractivity contribution in [3.05, 3.63) is 59.2 Å². The zero-order valence-corrected chi connectivity index (χ0v) is 15.2. The van der Waals surface area contributed by atoms with Gasteiger partial charge in [-0.2, -0.15) is 0 Å². The second kappa shape index (κ2) is 7.70. The lowest BCUT2D eigenvalue weighted by Crippen LogP contribution is -2.34. The maximum atomic E-state index is 12.6. The molecule has 1 N–H and O–H groups in total. The Hall–Kier alpha value is -2.33. The zero-order chi connectivity index (χ0) is 17.8. The molecule has 25 heavy (non-hydrogen) atoms. The maximum absolute atomic E-state index is 12.6. The first kappa shape index (κ1) is 17.5. The van der Waals surface area contributed by atoms with Crippen LogP contribution in [0.3, 0.4) is 0 Å². The summed E-state index contributed by atoms with van der Waals surface area (Å²) in [4.78, 5) is 14.8. The van der Waals surface area contributed by atoms with E-state index in [0.717, 1.165) is 47.8 Å². The van der Waals surface area contributed by atoms with Gasteiger partial charge in [-0.1, -0.05) is 50.2 Å². The zero-order valence-electron chi connectivity index (χ0n) is 15.2. The summed E-state index contributed by atoms with van der Waals surface area (Å²) >= 11 is 0. The van der Waals surface area contributed by atoms with Crippen LogP contribution in [0.1, 0.15) is 43.0 Å². The quantitative estimate of drug-likeness (QED) is 0.864. The van der Waals surface area contributed by atoms with Crippen molar-refractivity contribution in [2.75, 3.05) is 19.6 Å². The molecular weight excluding hydrogens is 312 g/mol. The molecular formula is C21H26N2O2. The van der Waals surface area contributed by atoms with Crippen molar-refractivity contribution in [1.82, 2.24) is 10.2 Å². The Morgan fingerprint density at radius 1 is 1.08 bits per heavy atom. The van der Waals surface area contributed by atoms with Crippen LogP contribution in [0.4, 0.5) is 0 Å². The number of ether oxygens (including phenoxy) is 1. The van der Waals surface area contributed by atoms with E-state index in [1.807, 2.05) is 49.4 Å². The highest BCUT2D eigenvalue weighted by molar-refractivity contribution is 5.78. The Morgan fingerprint density at radius 2 is 1.80 bits per heavy atom. The molecule has 1 heterocycles. The first-order valence-electron chi connectivity index (χ1n) is 9.02. The SMILES string of the molecule is CCN(CC)CCC(=O)NC1c2ccccc2Oc2c(C)cccc21. The van der Waals surface area contributed by atoms with Crippen LogP contribution in [0.2, 0.25) is 0 Å². The summed E-state index contributed by atoms with van der Waals surface area (Å²) in [6, 6.07) is 13.8. The Kier molecular flexibility index (Phi) is 5.39. The second-order valence-corrected chi connectivity index (χ2v) is 6.41. The molecule has 0 saturated carbocycles. The van der Waals surface area contributed by atoms with Gasteiger partial charge < -0.3 is 15.0 Å². The van der Waals surface area contributed by atoms with E-state index in [4.69, 9.17) is 4.74 Å². The van der Waals surface area contributed by atoms with Crippen LogP contribution in [0, 0.1) is 6.92 Å². The molecule has 0 bridgehead atoms. The van der Waals surface area contributed by atoms with Crippen molar-refractivity contribution in [1.29, 1.82) is 0 Å². The Labute approximate surface area is 149 Å². The molecule has 1 amide bonds. The number of nitrogens with zero attached hydrogens (tertiary/aromatic N) is 1. The number of nitrogens with one attached hydrogen (secondary N) is 1. The van der Waals surface area contributed by atoms with E-state index in [0.29, 0.717) is 6.42 Å². The van der Waals surface area contributed by atoms with Gasteiger partial charge in [0.15, 0.2) is 0 Å². The van der Waals surface area contributed by atoms with Gasteiger partial charge in [0, 0.05) is 24.1 Å². The fraction of sp³-hybridized carbons (Fsp3) is 0.381. The average molecular weight is 338 g/mol. The summed E-state index contributed by atoms with van der Waals surface area (Å²) in [5.41, 5.74) is 3.11. The van der Waals surface area contributed by atoms with Crippen LogP contribution in [0.15, 0.2) is 42.5 Å². The van der Waals surface area contributed by atoms with Crippen LogP contribution in [-0.4, -0.2) is 30.4 Å². The van der Waals surface area contributed by atoms with Crippen LogP contribution >= 0.6 is 0 Å². The molecule has 0 saturated heterocycles. The summed E-state index contributed by atoms with van der Waals surface area (Å²) in [5, 5.41) is 3.22. The molecule has 0 radical (unpaired) electrons. The van der Waals surface area contributed by atoms with E-state index in [2.05, 4.69) is 24.1 Å². The van der Waals surface area contributed by atoms with Crippen LogP contribution in [0.5, 0.6) is 11.5 Å². The van der Waals surface area contributed by atoms with Crippen LogP contribution in [-0.2, 0) is 4.79 Å². The van der Waals surface area contributed by atoms with Gasteiger partial charge in [0.25, 0.3) is 0 Å². The molecule has 1 aliphatic rings. The molecule has 1 aliphatic heterocycles. The summed E-state index contributed by atoms with van der Waals surface area (Å²) in [5.74, 6) is 1.75. The van der Waals surface area contributed by atoms with Crippen molar-refractivity contribution < 1.29 is 9.53 Å². The molecule has 1 unspecified atom stereocenters. The highest BCUT2D eigenvalue weighted by Crippen LogP contribution is 2.44. The van der Waals surface area contributed by atoms with Gasteiger partial charge >= 0.3 is 0 Å². The van der Waals surface area contributed by atoms with Gasteiger partial charge in [0.1, 0.15) is 11.5 Å². The van der Waals surface area contributed by atoms with Gasteiger partial charge in [0.2, 0.25) is 5.91 Å². The molecule has 0 fully saturated rings. The summed E-state index contributed by atoms with van der Waals surface area (Å²) in [7, 11) is 0. The Bertz CT molecular complexity index is 753. The monoisotopic (exact) mass is 338 g/mol. The first-order valence-corrected chi connectivity index (χ1v) is 9.02. The summed E-state index contributed by atoms with van der Waals surface area (Å²) in [6.45, 7) is 8.98. The van der Waals surface area contributed by atoms with Crippen LogP contribution < -0.4 is 10.1 Å². The number of amides is 1. The van der Waals surface area contributed by atoms with E-state index in [1.165, 1.54) is 0 Å². The standard InChI is InChI=1S/C21H26N2O2/c1-4-23(5-2)14-13-19(24)22-20-16-10-6-7-12-18(16)25-21-15(3)9-8-11-17(20)21/h6-12,20H,4-5,13-14H2,1-3H3,(H,22,24). The van der Waals surface area contributed by atoms with E-state index >= 15 is 0 Å². The Balaban J connectivity index is 1.83. The van der Waals surface area contributed by atoms with Crippen molar-refractivity contribution in [2.24, 2.45) is 0 Å². The number of para-hydroxylation sites is 2. The third kappa shape index (κ3) is 3.69. The van der Waals surface area contributed by atoms with Crippen molar-refractivity contribution in [2.45, 2.75) is 33.2 Å². The average Bonchev–Trinajstić information content (AvgIpc) is 2.63. The molecule has 2 aromatic carbocycles. The summed E-state index contributed by atoms with van der Waals surface area (Å²) in [6.07, 6.45) is 0.502. The van der Waals surface area contributed by atoms with Gasteiger partial charge in [-0.15, -0.1) is 0 Å². The molecule has 0 aromatic heterocycles. The molecule has 2 aromatic rings. The minimum atomic E-state index is -0.163. The normalized spacial score (nSPS) is 15.3. The minimum absolute atomic E-state index is 0.0704. The number of carbonyl (C=O) groups excluding carboxylic acids is 1. The van der Waals surface area contributed by atoms with Crippen molar-refractivity contribution >= 4 is 5.91 Å². The van der Waals surface area contributed by atoms with Gasteiger partial charge in [-0.3, -0.25) is 4.79 Å². The molecule has 0 aliphatic carbocycles. The highest BCUT2D eigenvalue weighted by Gasteiger charge is 2.29. The van der Waals surface area contributed by atoms with E-state index in [9.17, 15) is 4.79 Å². The van der Waals surface area contributed by atoms with Crippen molar-refractivity contribution in [3.8, 4) is 11.5 Å². The third-order valence-electron chi connectivity index (χ3n) is 4.85. The molecule has 4 heteroatoms. The smallest absolute Gasteiger partial charge is 0.222 e. The number of fused-ring (bicyclic) bond motifs is 2. The number of aryl methyl sites for hydroxylation is 1. The molecule has 132 valence electrons. The van der Waals surface area contributed by atoms with E-state index in [-0.39, 0.29) is 11.9 Å². The first-order chi connectivity index (χ1) is 12.1. The van der Waals surface area contributed by atoms with Gasteiger partial charge in [0.05, 0.1) is 6.04 Å². The predicted molar refractivity (Wildman–Crippen MR) is 100 cm³/mol. The number of rotatable bonds is 6. The fourth-order valence-corrected chi connectivity index (χ4v) is 3.32.